The van der Waals surface area contributed by atoms with Gasteiger partial charge in [-0.25, -0.2) is 0 Å². The number of hydrogen-bond acceptors (Lipinski definition) is 4. The highest BCUT2D eigenvalue weighted by Gasteiger charge is 2.18. The molecule has 1 aromatic carbocycles. The Balaban J connectivity index is 1.77. The van der Waals surface area contributed by atoms with Gasteiger partial charge in [-0.1, -0.05) is 0 Å². The van der Waals surface area contributed by atoms with Crippen LogP contribution in [0.5, 0.6) is 0 Å². The number of aryl methyl sites for hydroxylation is 1. The molecule has 6 heteroatoms. The van der Waals surface area contributed by atoms with E-state index < -0.39 is 0 Å². The van der Waals surface area contributed by atoms with E-state index in [1.54, 1.807) is 6.21 Å². The summed E-state index contributed by atoms with van der Waals surface area (Å²) < 4.78 is 13.5. The molecule has 1 aromatic heterocycles. The zero-order valence-electron chi connectivity index (χ0n) is 12.2. The highest BCUT2D eigenvalue weighted by molar-refractivity contribution is 14.1. The summed E-state index contributed by atoms with van der Waals surface area (Å²) in [6.45, 7) is 5.25. The second-order valence-electron chi connectivity index (χ2n) is 5.09. The van der Waals surface area contributed by atoms with Gasteiger partial charge in [0.25, 0.3) is 0 Å². The molecule has 0 amide bonds. The van der Waals surface area contributed by atoms with Gasteiger partial charge in [0.15, 0.2) is 0 Å². The quantitative estimate of drug-likeness (QED) is 0.484. The predicted octanol–water partition coefficient (Wildman–Crippen LogP) is 4.54. The molecule has 0 atom stereocenters. The zero-order chi connectivity index (χ0) is 15.5. The fourth-order valence-electron chi connectivity index (χ4n) is 2.27. The second-order valence-corrected chi connectivity index (χ2v) is 7.11. The van der Waals surface area contributed by atoms with Gasteiger partial charge in [-0.05, 0) is 69.2 Å². The van der Waals surface area contributed by atoms with Gasteiger partial charge in [-0.15, -0.1) is 0 Å². The van der Waals surface area contributed by atoms with Crippen LogP contribution in [0.1, 0.15) is 11.3 Å². The Morgan fingerprint density at radius 2 is 2.05 bits per heavy atom. The molecular formula is C16H16BrIN2O2. The number of furan rings is 1. The number of hydrogen-bond donors (Lipinski definition) is 0. The molecule has 1 fully saturated rings. The van der Waals surface area contributed by atoms with E-state index in [0.29, 0.717) is 0 Å². The van der Waals surface area contributed by atoms with Crippen LogP contribution in [0.2, 0.25) is 0 Å². The number of halogens is 2. The van der Waals surface area contributed by atoms with Gasteiger partial charge >= 0.3 is 0 Å². The van der Waals surface area contributed by atoms with E-state index in [0.717, 1.165) is 48.1 Å². The van der Waals surface area contributed by atoms with Crippen LogP contribution in [0.4, 0.5) is 11.6 Å². The molecule has 0 aliphatic carbocycles. The smallest absolute Gasteiger partial charge is 0.210 e. The van der Waals surface area contributed by atoms with Crippen LogP contribution < -0.4 is 4.90 Å². The zero-order valence-corrected chi connectivity index (χ0v) is 15.9. The van der Waals surface area contributed by atoms with Gasteiger partial charge in [0.1, 0.15) is 5.76 Å². The standard InChI is InChI=1S/C16H16BrIN2O2/c1-11-8-12(2-3-15(11)18)19-10-13-9-14(17)16(22-13)20-4-6-21-7-5-20/h2-3,8-10H,4-7H2,1H3. The van der Waals surface area contributed by atoms with Gasteiger partial charge in [0.05, 0.1) is 29.6 Å². The van der Waals surface area contributed by atoms with Crippen molar-refractivity contribution in [2.24, 2.45) is 4.99 Å². The maximum atomic E-state index is 5.90. The van der Waals surface area contributed by atoms with Crippen molar-refractivity contribution in [3.63, 3.8) is 0 Å². The highest BCUT2D eigenvalue weighted by atomic mass is 127. The lowest BCUT2D eigenvalue weighted by atomic mass is 10.2. The molecule has 1 saturated heterocycles. The van der Waals surface area contributed by atoms with Crippen molar-refractivity contribution in [3.05, 3.63) is 43.6 Å². The number of benzene rings is 1. The fourth-order valence-corrected chi connectivity index (χ4v) is 3.16. The molecular weight excluding hydrogens is 459 g/mol. The van der Waals surface area contributed by atoms with E-state index in [1.807, 2.05) is 12.1 Å². The van der Waals surface area contributed by atoms with Gasteiger partial charge in [0.2, 0.25) is 5.88 Å². The van der Waals surface area contributed by atoms with Crippen LogP contribution in [0.15, 0.2) is 38.1 Å². The Hall–Kier alpha value is -0.860. The first kappa shape index (κ1) is 16.0. The topological polar surface area (TPSA) is 38.0 Å². The number of nitrogens with zero attached hydrogens (tertiary/aromatic N) is 2. The van der Waals surface area contributed by atoms with Crippen LogP contribution in [0.3, 0.4) is 0 Å². The van der Waals surface area contributed by atoms with Gasteiger partial charge < -0.3 is 14.1 Å². The van der Waals surface area contributed by atoms with Crippen LogP contribution in [0.25, 0.3) is 0 Å². The highest BCUT2D eigenvalue weighted by Crippen LogP contribution is 2.30. The summed E-state index contributed by atoms with van der Waals surface area (Å²) in [5.41, 5.74) is 2.16. The molecule has 3 rings (SSSR count). The minimum absolute atomic E-state index is 0.735. The van der Waals surface area contributed by atoms with E-state index in [2.05, 4.69) is 67.5 Å². The summed E-state index contributed by atoms with van der Waals surface area (Å²) in [6.07, 6.45) is 1.76. The molecule has 116 valence electrons. The van der Waals surface area contributed by atoms with Gasteiger partial charge in [-0.3, -0.25) is 4.99 Å². The van der Waals surface area contributed by atoms with Crippen LogP contribution in [0, 0.1) is 10.5 Å². The average Bonchev–Trinajstić information content (AvgIpc) is 2.90. The lowest BCUT2D eigenvalue weighted by Gasteiger charge is -2.26. The Morgan fingerprint density at radius 1 is 1.27 bits per heavy atom. The molecule has 0 spiro atoms. The summed E-state index contributed by atoms with van der Waals surface area (Å²) in [5.74, 6) is 1.59. The maximum absolute atomic E-state index is 5.90. The van der Waals surface area contributed by atoms with Crippen LogP contribution in [-0.2, 0) is 4.74 Å². The molecule has 0 N–H and O–H groups in total. The van der Waals surface area contributed by atoms with E-state index >= 15 is 0 Å². The Morgan fingerprint density at radius 3 is 2.77 bits per heavy atom. The molecule has 2 heterocycles. The number of morpholine rings is 1. The molecule has 4 nitrogen and oxygen atoms in total. The number of rotatable bonds is 3. The van der Waals surface area contributed by atoms with Crippen molar-refractivity contribution < 1.29 is 9.15 Å². The molecule has 0 bridgehead atoms. The van der Waals surface area contributed by atoms with Crippen molar-refractivity contribution in [1.29, 1.82) is 0 Å². The Labute approximate surface area is 151 Å². The second kappa shape index (κ2) is 7.14. The molecule has 22 heavy (non-hydrogen) atoms. The monoisotopic (exact) mass is 474 g/mol. The Bertz CT molecular complexity index is 693. The van der Waals surface area contributed by atoms with Crippen LogP contribution in [-0.4, -0.2) is 32.5 Å². The molecule has 0 saturated carbocycles. The first-order chi connectivity index (χ1) is 10.6. The van der Waals surface area contributed by atoms with Gasteiger partial charge in [-0.2, -0.15) is 0 Å². The van der Waals surface area contributed by atoms with E-state index in [1.165, 1.54) is 9.13 Å². The maximum Gasteiger partial charge on any atom is 0.210 e. The van der Waals surface area contributed by atoms with Crippen molar-refractivity contribution in [2.75, 3.05) is 31.2 Å². The number of ether oxygens (including phenoxy) is 1. The SMILES string of the molecule is Cc1cc(N=Cc2cc(Br)c(N3CCOCC3)o2)ccc1I. The normalized spacial score (nSPS) is 15.7. The fraction of sp³-hybridized carbons (Fsp3) is 0.312. The summed E-state index contributed by atoms with van der Waals surface area (Å²) in [6, 6.07) is 8.10. The largest absolute Gasteiger partial charge is 0.438 e. The molecule has 0 unspecified atom stereocenters. The summed E-state index contributed by atoms with van der Waals surface area (Å²) in [4.78, 5) is 6.67. The third-order valence-electron chi connectivity index (χ3n) is 3.47. The molecule has 1 aliphatic heterocycles. The first-order valence-corrected chi connectivity index (χ1v) is 8.93. The number of anilines is 1. The lowest BCUT2D eigenvalue weighted by Crippen LogP contribution is -2.36. The van der Waals surface area contributed by atoms with Crippen molar-refractivity contribution in [3.8, 4) is 0 Å². The lowest BCUT2D eigenvalue weighted by molar-refractivity contribution is 0.120. The Kier molecular flexibility index (Phi) is 5.20. The van der Waals surface area contributed by atoms with Crippen molar-refractivity contribution in [1.82, 2.24) is 0 Å². The molecule has 0 radical (unpaired) electrons. The predicted molar refractivity (Wildman–Crippen MR) is 101 cm³/mol. The minimum atomic E-state index is 0.735. The summed E-state index contributed by atoms with van der Waals surface area (Å²) in [7, 11) is 0. The molecule has 2 aromatic rings. The third-order valence-corrected chi connectivity index (χ3v) is 5.25. The van der Waals surface area contributed by atoms with Crippen LogP contribution >= 0.6 is 38.5 Å². The third kappa shape index (κ3) is 3.72. The van der Waals surface area contributed by atoms with Gasteiger partial charge in [0, 0.05) is 22.7 Å². The van der Waals surface area contributed by atoms with E-state index in [9.17, 15) is 0 Å². The minimum Gasteiger partial charge on any atom is -0.438 e. The summed E-state index contributed by atoms with van der Waals surface area (Å²) >= 11 is 5.88. The molecule has 1 aliphatic rings. The van der Waals surface area contributed by atoms with E-state index in [-0.39, 0.29) is 0 Å². The van der Waals surface area contributed by atoms with E-state index in [4.69, 9.17) is 9.15 Å². The summed E-state index contributed by atoms with van der Waals surface area (Å²) in [5, 5.41) is 0. The first-order valence-electron chi connectivity index (χ1n) is 7.06. The van der Waals surface area contributed by atoms with Crippen molar-refractivity contribution in [2.45, 2.75) is 6.92 Å². The number of aliphatic imine (C=N–C) groups is 1. The average molecular weight is 475 g/mol. The van der Waals surface area contributed by atoms with Crippen molar-refractivity contribution >= 4 is 56.3 Å².